The van der Waals surface area contributed by atoms with Crippen LogP contribution in [0.15, 0.2) is 17.3 Å². The van der Waals surface area contributed by atoms with Gasteiger partial charge in [-0.2, -0.15) is 5.10 Å². The fraction of sp³-hybridized carbons (Fsp3) is 0.600. The van der Waals surface area contributed by atoms with Crippen molar-refractivity contribution in [2.45, 2.75) is 25.3 Å². The van der Waals surface area contributed by atoms with Crippen LogP contribution >= 0.6 is 0 Å². The second-order valence-electron chi connectivity index (χ2n) is 4.02. The fourth-order valence-corrected chi connectivity index (χ4v) is 1.43. The van der Waals surface area contributed by atoms with Gasteiger partial charge in [0.25, 0.3) is 0 Å². The van der Waals surface area contributed by atoms with E-state index in [1.54, 1.807) is 4.68 Å². The summed E-state index contributed by atoms with van der Waals surface area (Å²) in [7, 11) is 1.91. The third-order valence-electron chi connectivity index (χ3n) is 2.46. The lowest BCUT2D eigenvalue weighted by atomic mass is 10.3. The van der Waals surface area contributed by atoms with Crippen molar-refractivity contribution in [3.05, 3.63) is 18.0 Å². The second kappa shape index (κ2) is 4.98. The molecule has 0 atom stereocenters. The molecule has 4 N–H and O–H groups in total. The van der Waals surface area contributed by atoms with Crippen molar-refractivity contribution in [1.29, 1.82) is 0 Å². The van der Waals surface area contributed by atoms with E-state index >= 15 is 0 Å². The standard InChI is InChI=1S/C10H18N6/c1-16-7-5-9(15-16)4-6-12-10(14-11)13-8-2-3-8/h5,7-8H,2-4,6,11H2,1H3,(H2,12,13,14). The van der Waals surface area contributed by atoms with Gasteiger partial charge in [-0.05, 0) is 18.9 Å². The lowest BCUT2D eigenvalue weighted by Crippen LogP contribution is -2.42. The Labute approximate surface area is 94.9 Å². The van der Waals surface area contributed by atoms with Crippen molar-refractivity contribution in [3.8, 4) is 0 Å². The van der Waals surface area contributed by atoms with Crippen LogP contribution in [0.5, 0.6) is 0 Å². The van der Waals surface area contributed by atoms with Crippen LogP contribution in [0, 0.1) is 0 Å². The fourth-order valence-electron chi connectivity index (χ4n) is 1.43. The molecule has 0 saturated heterocycles. The van der Waals surface area contributed by atoms with Crippen LogP contribution in [-0.4, -0.2) is 28.3 Å². The summed E-state index contributed by atoms with van der Waals surface area (Å²) in [5, 5.41) is 7.50. The first kappa shape index (κ1) is 10.9. The van der Waals surface area contributed by atoms with E-state index in [0.717, 1.165) is 12.1 Å². The molecule has 0 bridgehead atoms. The Hall–Kier alpha value is -1.56. The molecule has 1 saturated carbocycles. The van der Waals surface area contributed by atoms with Gasteiger partial charge in [-0.15, -0.1) is 0 Å². The van der Waals surface area contributed by atoms with Crippen LogP contribution in [0.1, 0.15) is 18.5 Å². The van der Waals surface area contributed by atoms with Gasteiger partial charge < -0.3 is 5.32 Å². The second-order valence-corrected chi connectivity index (χ2v) is 4.02. The number of rotatable bonds is 4. The molecule has 0 radical (unpaired) electrons. The van der Waals surface area contributed by atoms with Gasteiger partial charge in [-0.25, -0.2) is 5.84 Å². The quantitative estimate of drug-likeness (QED) is 0.278. The third kappa shape index (κ3) is 3.23. The van der Waals surface area contributed by atoms with Crippen LogP contribution in [0.4, 0.5) is 0 Å². The van der Waals surface area contributed by atoms with Gasteiger partial charge in [0, 0.05) is 32.3 Å². The number of nitrogens with two attached hydrogens (primary N) is 1. The normalized spacial score (nSPS) is 16.2. The average Bonchev–Trinajstić information content (AvgIpc) is 3.00. The molecule has 1 fully saturated rings. The van der Waals surface area contributed by atoms with Crippen molar-refractivity contribution in [1.82, 2.24) is 20.5 Å². The Morgan fingerprint density at radius 2 is 2.50 bits per heavy atom. The van der Waals surface area contributed by atoms with E-state index < -0.39 is 0 Å². The Bertz CT molecular complexity index is 365. The van der Waals surface area contributed by atoms with E-state index in [1.807, 2.05) is 19.3 Å². The molecule has 6 heteroatoms. The van der Waals surface area contributed by atoms with E-state index in [2.05, 4.69) is 20.8 Å². The van der Waals surface area contributed by atoms with Crippen molar-refractivity contribution in [2.24, 2.45) is 17.9 Å². The molecule has 1 aliphatic rings. The highest BCUT2D eigenvalue weighted by Gasteiger charge is 2.21. The molecular formula is C10H18N6. The van der Waals surface area contributed by atoms with E-state index in [1.165, 1.54) is 12.8 Å². The van der Waals surface area contributed by atoms with Crippen molar-refractivity contribution in [3.63, 3.8) is 0 Å². The van der Waals surface area contributed by atoms with E-state index in [0.29, 0.717) is 18.5 Å². The minimum absolute atomic E-state index is 0.560. The monoisotopic (exact) mass is 222 g/mol. The number of hydrogen-bond donors (Lipinski definition) is 3. The Morgan fingerprint density at radius 3 is 3.06 bits per heavy atom. The number of guanidine groups is 1. The van der Waals surface area contributed by atoms with Crippen LogP contribution in [0.3, 0.4) is 0 Å². The number of aromatic nitrogens is 2. The highest BCUT2D eigenvalue weighted by molar-refractivity contribution is 5.79. The molecule has 16 heavy (non-hydrogen) atoms. The summed E-state index contributed by atoms with van der Waals surface area (Å²) in [6.45, 7) is 0.691. The zero-order chi connectivity index (χ0) is 11.4. The third-order valence-corrected chi connectivity index (χ3v) is 2.46. The van der Waals surface area contributed by atoms with Gasteiger partial charge >= 0.3 is 0 Å². The van der Waals surface area contributed by atoms with Crippen LogP contribution < -0.4 is 16.6 Å². The molecule has 1 aromatic heterocycles. The summed E-state index contributed by atoms with van der Waals surface area (Å²) in [5.74, 6) is 6.05. The van der Waals surface area contributed by atoms with E-state index in [-0.39, 0.29) is 0 Å². The summed E-state index contributed by atoms with van der Waals surface area (Å²) in [6, 6.07) is 2.56. The maximum Gasteiger partial charge on any atom is 0.205 e. The highest BCUT2D eigenvalue weighted by Crippen LogP contribution is 2.18. The molecule has 2 rings (SSSR count). The number of nitrogens with zero attached hydrogens (tertiary/aromatic N) is 3. The smallest absolute Gasteiger partial charge is 0.205 e. The summed E-state index contributed by atoms with van der Waals surface area (Å²) >= 11 is 0. The Morgan fingerprint density at radius 1 is 1.69 bits per heavy atom. The molecule has 1 aromatic rings. The molecule has 6 nitrogen and oxygen atoms in total. The predicted molar refractivity (Wildman–Crippen MR) is 62.7 cm³/mol. The first-order chi connectivity index (χ1) is 7.78. The molecule has 0 unspecified atom stereocenters. The lowest BCUT2D eigenvalue weighted by Gasteiger charge is -2.06. The van der Waals surface area contributed by atoms with Gasteiger partial charge in [0.2, 0.25) is 5.96 Å². The van der Waals surface area contributed by atoms with E-state index in [4.69, 9.17) is 5.84 Å². The summed E-state index contributed by atoms with van der Waals surface area (Å²) in [6.07, 6.45) is 5.18. The van der Waals surface area contributed by atoms with Crippen molar-refractivity contribution >= 4 is 5.96 Å². The largest absolute Gasteiger partial charge is 0.353 e. The first-order valence-electron chi connectivity index (χ1n) is 5.54. The first-order valence-corrected chi connectivity index (χ1v) is 5.54. The van der Waals surface area contributed by atoms with Crippen LogP contribution in [0.2, 0.25) is 0 Å². The highest BCUT2D eigenvalue weighted by atomic mass is 15.3. The maximum absolute atomic E-state index is 5.37. The molecule has 0 spiro atoms. The van der Waals surface area contributed by atoms with Gasteiger partial charge in [-0.1, -0.05) is 0 Å². The molecular weight excluding hydrogens is 204 g/mol. The van der Waals surface area contributed by atoms with Gasteiger partial charge in [0.05, 0.1) is 5.69 Å². The van der Waals surface area contributed by atoms with Crippen molar-refractivity contribution in [2.75, 3.05) is 6.54 Å². The van der Waals surface area contributed by atoms with Crippen molar-refractivity contribution < 1.29 is 0 Å². The van der Waals surface area contributed by atoms with Crippen LogP contribution in [0.25, 0.3) is 0 Å². The lowest BCUT2D eigenvalue weighted by molar-refractivity contribution is 0.736. The molecule has 0 amide bonds. The summed E-state index contributed by atoms with van der Waals surface area (Å²) < 4.78 is 1.80. The summed E-state index contributed by atoms with van der Waals surface area (Å²) in [5.41, 5.74) is 3.63. The minimum atomic E-state index is 0.560. The van der Waals surface area contributed by atoms with Gasteiger partial charge in [-0.3, -0.25) is 15.1 Å². The molecule has 1 aliphatic carbocycles. The van der Waals surface area contributed by atoms with Crippen LogP contribution in [-0.2, 0) is 13.5 Å². The SMILES string of the molecule is Cn1ccc(CCN=C(NN)NC2CC2)n1. The number of aryl methyl sites for hydroxylation is 1. The molecule has 88 valence electrons. The number of hydrazine groups is 1. The Kier molecular flexibility index (Phi) is 3.40. The van der Waals surface area contributed by atoms with Gasteiger partial charge in [0.15, 0.2) is 0 Å². The zero-order valence-corrected chi connectivity index (χ0v) is 9.48. The Balaban J connectivity index is 1.77. The molecule has 0 aromatic carbocycles. The molecule has 0 aliphatic heterocycles. The maximum atomic E-state index is 5.37. The topological polar surface area (TPSA) is 80.3 Å². The average molecular weight is 222 g/mol. The number of nitrogens with one attached hydrogen (secondary N) is 2. The number of hydrogen-bond acceptors (Lipinski definition) is 3. The zero-order valence-electron chi connectivity index (χ0n) is 9.48. The number of aliphatic imine (C=N–C) groups is 1. The minimum Gasteiger partial charge on any atom is -0.353 e. The predicted octanol–water partition coefficient (Wildman–Crippen LogP) is -0.466. The van der Waals surface area contributed by atoms with E-state index in [9.17, 15) is 0 Å². The molecule has 1 heterocycles. The summed E-state index contributed by atoms with van der Waals surface area (Å²) in [4.78, 5) is 4.35. The van der Waals surface area contributed by atoms with Gasteiger partial charge in [0.1, 0.15) is 0 Å².